The van der Waals surface area contributed by atoms with Gasteiger partial charge < -0.3 is 9.80 Å². The zero-order valence-electron chi connectivity index (χ0n) is 29.1. The van der Waals surface area contributed by atoms with Gasteiger partial charge in [0.2, 0.25) is 0 Å². The van der Waals surface area contributed by atoms with Crippen molar-refractivity contribution in [3.05, 3.63) is 191 Å². The van der Waals surface area contributed by atoms with Gasteiger partial charge in [-0.05, 0) is 105 Å². The van der Waals surface area contributed by atoms with Gasteiger partial charge in [0.1, 0.15) is 0 Å². The quantitative estimate of drug-likeness (QED) is 0.170. The highest BCUT2D eigenvalue weighted by molar-refractivity contribution is 7.99. The fourth-order valence-electron chi connectivity index (χ4n) is 8.15. The second-order valence-corrected chi connectivity index (χ2v) is 15.3. The van der Waals surface area contributed by atoms with Crippen LogP contribution in [0.25, 0.3) is 35.4 Å². The number of fused-ring (bicyclic) bond motifs is 7. The second-order valence-electron chi connectivity index (χ2n) is 14.2. The molecule has 0 fully saturated rings. The van der Waals surface area contributed by atoms with Crippen molar-refractivity contribution in [1.29, 1.82) is 0 Å². The zero-order valence-corrected chi connectivity index (χ0v) is 29.9. The molecule has 0 spiro atoms. The first-order valence-electron chi connectivity index (χ1n) is 17.9. The Hall–Kier alpha value is -6.03. The topological polar surface area (TPSA) is 6.48 Å². The van der Waals surface area contributed by atoms with E-state index < -0.39 is 0 Å². The van der Waals surface area contributed by atoms with Crippen molar-refractivity contribution in [2.75, 3.05) is 9.80 Å². The van der Waals surface area contributed by atoms with E-state index in [0.717, 1.165) is 5.69 Å². The number of anilines is 6. The van der Waals surface area contributed by atoms with Crippen LogP contribution in [0.1, 0.15) is 47.2 Å². The normalized spacial score (nSPS) is 14.6. The second kappa shape index (κ2) is 12.0. The van der Waals surface area contributed by atoms with Gasteiger partial charge in [-0.3, -0.25) is 0 Å². The van der Waals surface area contributed by atoms with Crippen molar-refractivity contribution in [3.63, 3.8) is 0 Å². The monoisotopic (exact) mass is 684 g/mol. The Morgan fingerprint density at radius 3 is 1.54 bits per heavy atom. The minimum absolute atomic E-state index is 0.135. The van der Waals surface area contributed by atoms with Gasteiger partial charge in [0.05, 0.1) is 22.7 Å². The predicted octanol–water partition coefficient (Wildman–Crippen LogP) is 14.1. The van der Waals surface area contributed by atoms with Crippen LogP contribution < -0.4 is 9.80 Å². The molecule has 0 amide bonds. The van der Waals surface area contributed by atoms with Crippen LogP contribution in [0.5, 0.6) is 0 Å². The number of para-hydroxylation sites is 4. The number of hydrogen-bond acceptors (Lipinski definition) is 3. The molecule has 248 valence electrons. The molecule has 0 radical (unpaired) electrons. The van der Waals surface area contributed by atoms with Crippen LogP contribution in [0.3, 0.4) is 0 Å². The number of rotatable bonds is 4. The summed E-state index contributed by atoms with van der Waals surface area (Å²) in [7, 11) is 0. The molecule has 10 rings (SSSR count). The Bertz CT molecular complexity index is 2500. The Balaban J connectivity index is 0.949. The molecule has 7 aromatic rings. The third kappa shape index (κ3) is 4.96. The van der Waals surface area contributed by atoms with Crippen LogP contribution in [0.15, 0.2) is 168 Å². The lowest BCUT2D eigenvalue weighted by Gasteiger charge is -2.33. The van der Waals surface area contributed by atoms with Gasteiger partial charge >= 0.3 is 0 Å². The lowest BCUT2D eigenvalue weighted by atomic mass is 9.81. The van der Waals surface area contributed by atoms with Crippen LogP contribution in [0, 0.1) is 0 Å². The molecule has 0 unspecified atom stereocenters. The summed E-state index contributed by atoms with van der Waals surface area (Å²) in [4.78, 5) is 7.36. The van der Waals surface area contributed by atoms with Gasteiger partial charge in [0.25, 0.3) is 0 Å². The molecule has 0 bridgehead atoms. The van der Waals surface area contributed by atoms with E-state index in [2.05, 4.69) is 206 Å². The van der Waals surface area contributed by atoms with Gasteiger partial charge in [0.15, 0.2) is 0 Å². The maximum atomic E-state index is 2.43. The van der Waals surface area contributed by atoms with E-state index in [1.54, 1.807) is 0 Å². The van der Waals surface area contributed by atoms with E-state index in [9.17, 15) is 0 Å². The molecule has 0 N–H and O–H groups in total. The van der Waals surface area contributed by atoms with Crippen molar-refractivity contribution >= 4 is 70.2 Å². The Morgan fingerprint density at radius 2 is 0.904 bits per heavy atom. The van der Waals surface area contributed by atoms with Crippen LogP contribution in [-0.2, 0) is 5.41 Å². The number of hydrogen-bond donors (Lipinski definition) is 0. The first-order valence-corrected chi connectivity index (χ1v) is 18.7. The summed E-state index contributed by atoms with van der Waals surface area (Å²) in [5, 5.41) is 0. The first kappa shape index (κ1) is 30.8. The van der Waals surface area contributed by atoms with Crippen LogP contribution in [0.2, 0.25) is 0 Å². The Kier molecular flexibility index (Phi) is 7.12. The molecule has 0 aromatic heterocycles. The fraction of sp³-hybridized carbons (Fsp3) is 0.0612. The molecular formula is C49H36N2S. The van der Waals surface area contributed by atoms with Gasteiger partial charge in [-0.25, -0.2) is 0 Å². The summed E-state index contributed by atoms with van der Waals surface area (Å²) in [6, 6.07) is 57.6. The average Bonchev–Trinajstić information content (AvgIpc) is 3.29. The fourth-order valence-corrected chi connectivity index (χ4v) is 9.21. The number of nitrogens with zero attached hydrogens (tertiary/aromatic N) is 2. The van der Waals surface area contributed by atoms with E-state index >= 15 is 0 Å². The molecule has 1 aliphatic carbocycles. The van der Waals surface area contributed by atoms with E-state index in [-0.39, 0.29) is 5.41 Å². The summed E-state index contributed by atoms with van der Waals surface area (Å²) < 4.78 is 0. The van der Waals surface area contributed by atoms with E-state index in [4.69, 9.17) is 0 Å². The number of benzene rings is 7. The van der Waals surface area contributed by atoms with Gasteiger partial charge in [0, 0.05) is 26.6 Å². The molecule has 0 atom stereocenters. The van der Waals surface area contributed by atoms with Crippen molar-refractivity contribution in [1.82, 2.24) is 0 Å². The molecule has 3 heteroatoms. The smallest absolute Gasteiger partial charge is 0.0601 e. The van der Waals surface area contributed by atoms with Crippen molar-refractivity contribution in [3.8, 4) is 11.1 Å². The summed E-state index contributed by atoms with van der Waals surface area (Å²) in [6.45, 7) is 4.74. The largest absolute Gasteiger partial charge is 0.309 e. The lowest BCUT2D eigenvalue weighted by molar-refractivity contribution is 0.660. The summed E-state index contributed by atoms with van der Waals surface area (Å²) in [5.74, 6) is 0. The molecule has 3 aliphatic rings. The molecule has 2 aliphatic heterocycles. The zero-order chi connectivity index (χ0) is 34.8. The predicted molar refractivity (Wildman–Crippen MR) is 222 cm³/mol. The van der Waals surface area contributed by atoms with Crippen molar-refractivity contribution < 1.29 is 0 Å². The highest BCUT2D eigenvalue weighted by Crippen LogP contribution is 2.54. The van der Waals surface area contributed by atoms with E-state index in [0.29, 0.717) is 0 Å². The molecule has 52 heavy (non-hydrogen) atoms. The standard InChI is InChI=1S/C49H36N2S/c1-49(2)41-31-34(20-19-33-21-26-37(27-22-33)50-43-13-5-3-11-35(43)24-25-36-12-4-6-14-44(36)50)23-29-39(41)40-30-28-38(32-42(40)49)51-45-15-7-9-17-47(45)52-48-18-10-8-16-46(48)51/h3-32H,1-2H3/b20-19+. The van der Waals surface area contributed by atoms with Crippen molar-refractivity contribution in [2.45, 2.75) is 29.1 Å². The molecular weight excluding hydrogens is 649 g/mol. The maximum absolute atomic E-state index is 2.43. The highest BCUT2D eigenvalue weighted by atomic mass is 32.2. The SMILES string of the molecule is CC1(C)c2cc(/C=C/c3ccc(N4c5ccccc5C=Cc5ccccc54)cc3)ccc2-c2ccc(N3c4ccccc4Sc4ccccc43)cc21. The van der Waals surface area contributed by atoms with E-state index in [1.165, 1.54) is 82.7 Å². The van der Waals surface area contributed by atoms with Gasteiger partial charge in [-0.2, -0.15) is 0 Å². The average molecular weight is 685 g/mol. The molecule has 0 saturated heterocycles. The highest BCUT2D eigenvalue weighted by Gasteiger charge is 2.36. The van der Waals surface area contributed by atoms with Crippen LogP contribution >= 0.6 is 11.8 Å². The summed E-state index contributed by atoms with van der Waals surface area (Å²) in [5.41, 5.74) is 17.3. The van der Waals surface area contributed by atoms with Crippen LogP contribution in [0.4, 0.5) is 34.1 Å². The van der Waals surface area contributed by atoms with Gasteiger partial charge in [-0.1, -0.05) is 147 Å². The first-order chi connectivity index (χ1) is 25.5. The molecule has 7 aromatic carbocycles. The van der Waals surface area contributed by atoms with Gasteiger partial charge in [-0.15, -0.1) is 0 Å². The van der Waals surface area contributed by atoms with Crippen molar-refractivity contribution in [2.24, 2.45) is 0 Å². The maximum Gasteiger partial charge on any atom is 0.0601 e. The molecule has 2 nitrogen and oxygen atoms in total. The summed E-state index contributed by atoms with van der Waals surface area (Å²) in [6.07, 6.45) is 8.91. The third-order valence-corrected chi connectivity index (χ3v) is 11.9. The minimum atomic E-state index is -0.135. The summed E-state index contributed by atoms with van der Waals surface area (Å²) >= 11 is 1.85. The Morgan fingerprint density at radius 1 is 0.442 bits per heavy atom. The molecule has 0 saturated carbocycles. The third-order valence-electron chi connectivity index (χ3n) is 10.8. The lowest BCUT2D eigenvalue weighted by Crippen LogP contribution is -2.18. The Labute approximate surface area is 310 Å². The minimum Gasteiger partial charge on any atom is -0.309 e. The van der Waals surface area contributed by atoms with E-state index in [1.807, 2.05) is 11.8 Å². The molecule has 2 heterocycles. The van der Waals surface area contributed by atoms with Crippen LogP contribution in [-0.4, -0.2) is 0 Å².